The van der Waals surface area contributed by atoms with Crippen molar-refractivity contribution in [3.63, 3.8) is 0 Å². The van der Waals surface area contributed by atoms with Crippen molar-refractivity contribution >= 4 is 33.8 Å². The lowest BCUT2D eigenvalue weighted by molar-refractivity contribution is -0.668. The van der Waals surface area contributed by atoms with E-state index >= 15 is 0 Å². The zero-order valence-corrected chi connectivity index (χ0v) is 14.1. The molecule has 3 aromatic carbocycles. The maximum Gasteiger partial charge on any atom is 0.213 e. The average molecular weight is 325 g/mol. The van der Waals surface area contributed by atoms with Crippen molar-refractivity contribution in [1.82, 2.24) is 0 Å². The number of para-hydroxylation sites is 1. The monoisotopic (exact) mass is 325 g/mol. The van der Waals surface area contributed by atoms with Gasteiger partial charge in [0.2, 0.25) is 5.52 Å². The van der Waals surface area contributed by atoms with E-state index in [-0.39, 0.29) is 0 Å². The van der Waals surface area contributed by atoms with Crippen molar-refractivity contribution in [3.05, 3.63) is 90.1 Å². The van der Waals surface area contributed by atoms with Crippen molar-refractivity contribution in [2.75, 3.05) is 6.54 Å². The molecule has 0 radical (unpaired) electrons. The Balaban J connectivity index is 1.80. The fourth-order valence-corrected chi connectivity index (χ4v) is 3.36. The van der Waals surface area contributed by atoms with Crippen molar-refractivity contribution in [3.8, 4) is 0 Å². The number of hydrogen-bond donors (Lipinski definition) is 1. The summed E-state index contributed by atoms with van der Waals surface area (Å²) in [6.07, 6.45) is 6.53. The molecule has 0 saturated carbocycles. The Hall–Kier alpha value is -2.97. The fraction of sp³-hybridized carbons (Fsp3) is 0.0870. The molecule has 0 fully saturated rings. The van der Waals surface area contributed by atoms with Gasteiger partial charge in [-0.25, -0.2) is 0 Å². The predicted octanol–water partition coefficient (Wildman–Crippen LogP) is 4.41. The number of rotatable bonds is 4. The van der Waals surface area contributed by atoms with Crippen LogP contribution in [-0.4, -0.2) is 6.54 Å². The minimum absolute atomic E-state index is 0.639. The molecule has 0 unspecified atom stereocenters. The lowest BCUT2D eigenvalue weighted by atomic mass is 10.0. The Morgan fingerprint density at radius 2 is 1.40 bits per heavy atom. The molecule has 2 N–H and O–H groups in total. The van der Waals surface area contributed by atoms with E-state index in [2.05, 4.69) is 95.7 Å². The van der Waals surface area contributed by atoms with Crippen LogP contribution in [0.3, 0.4) is 0 Å². The minimum atomic E-state index is 0.639. The summed E-state index contributed by atoms with van der Waals surface area (Å²) < 4.78 is 2.21. The van der Waals surface area contributed by atoms with E-state index in [1.54, 1.807) is 0 Å². The van der Waals surface area contributed by atoms with Gasteiger partial charge in [-0.15, -0.1) is 0 Å². The molecule has 0 atom stereocenters. The van der Waals surface area contributed by atoms with Crippen LogP contribution < -0.4 is 10.3 Å². The van der Waals surface area contributed by atoms with Crippen LogP contribution in [0.25, 0.3) is 33.8 Å². The van der Waals surface area contributed by atoms with Gasteiger partial charge in [0.05, 0.1) is 11.9 Å². The molecule has 0 bridgehead atoms. The second kappa shape index (κ2) is 6.88. The highest BCUT2D eigenvalue weighted by Gasteiger charge is 2.09. The van der Waals surface area contributed by atoms with Gasteiger partial charge in [0.1, 0.15) is 0 Å². The van der Waals surface area contributed by atoms with Gasteiger partial charge in [-0.2, -0.15) is 4.57 Å². The molecule has 1 aromatic heterocycles. The zero-order valence-electron chi connectivity index (χ0n) is 14.1. The number of pyridine rings is 1. The summed E-state index contributed by atoms with van der Waals surface area (Å²) in [5, 5.41) is 3.79. The molecule has 0 aliphatic rings. The van der Waals surface area contributed by atoms with Gasteiger partial charge >= 0.3 is 0 Å². The summed E-state index contributed by atoms with van der Waals surface area (Å²) in [6.45, 7) is 1.47. The molecule has 2 heteroatoms. The first-order valence-corrected chi connectivity index (χ1v) is 8.64. The molecule has 25 heavy (non-hydrogen) atoms. The van der Waals surface area contributed by atoms with Crippen LogP contribution in [0.4, 0.5) is 0 Å². The number of hydrogen-bond acceptors (Lipinski definition) is 1. The molecular weight excluding hydrogens is 304 g/mol. The smallest absolute Gasteiger partial charge is 0.213 e. The summed E-state index contributed by atoms with van der Waals surface area (Å²) in [5.41, 5.74) is 9.41. The van der Waals surface area contributed by atoms with Gasteiger partial charge in [0.25, 0.3) is 0 Å². The number of benzene rings is 3. The molecule has 4 rings (SSSR count). The summed E-state index contributed by atoms with van der Waals surface area (Å²) >= 11 is 0. The Labute approximate surface area is 147 Å². The standard InChI is InChI=1S/C23H21N2/c24-15-17-25-16-14-20(22-10-3-4-11-23(22)25)13-12-19-8-5-7-18-6-1-2-9-21(18)19/h1-14,16H,15,17,24H2/q+1/b13-12+. The van der Waals surface area contributed by atoms with E-state index in [4.69, 9.17) is 5.73 Å². The first-order valence-electron chi connectivity index (χ1n) is 8.64. The lowest BCUT2D eigenvalue weighted by Crippen LogP contribution is -2.37. The highest BCUT2D eigenvalue weighted by molar-refractivity contribution is 5.95. The van der Waals surface area contributed by atoms with Gasteiger partial charge in [-0.05, 0) is 28.0 Å². The Morgan fingerprint density at radius 3 is 2.24 bits per heavy atom. The van der Waals surface area contributed by atoms with Crippen LogP contribution in [0, 0.1) is 0 Å². The lowest BCUT2D eigenvalue weighted by Gasteiger charge is -2.04. The molecule has 122 valence electrons. The Kier molecular flexibility index (Phi) is 4.28. The normalized spacial score (nSPS) is 11.6. The van der Waals surface area contributed by atoms with Crippen LogP contribution in [0.1, 0.15) is 11.1 Å². The molecule has 1 heterocycles. The van der Waals surface area contributed by atoms with Crippen LogP contribution >= 0.6 is 0 Å². The molecule has 0 saturated heterocycles. The Bertz CT molecular complexity index is 1060. The van der Waals surface area contributed by atoms with Crippen molar-refractivity contribution in [2.45, 2.75) is 6.54 Å². The van der Waals surface area contributed by atoms with E-state index in [0.29, 0.717) is 6.54 Å². The van der Waals surface area contributed by atoms with Crippen molar-refractivity contribution < 1.29 is 4.57 Å². The molecule has 2 nitrogen and oxygen atoms in total. The van der Waals surface area contributed by atoms with Crippen LogP contribution in [0.15, 0.2) is 79.0 Å². The van der Waals surface area contributed by atoms with E-state index in [0.717, 1.165) is 6.54 Å². The van der Waals surface area contributed by atoms with E-state index in [1.165, 1.54) is 32.8 Å². The van der Waals surface area contributed by atoms with Gasteiger partial charge in [-0.1, -0.05) is 66.7 Å². The summed E-state index contributed by atoms with van der Waals surface area (Å²) in [7, 11) is 0. The number of aromatic nitrogens is 1. The molecule has 0 spiro atoms. The summed E-state index contributed by atoms with van der Waals surface area (Å²) in [4.78, 5) is 0. The van der Waals surface area contributed by atoms with Crippen molar-refractivity contribution in [2.24, 2.45) is 5.73 Å². The highest BCUT2D eigenvalue weighted by Crippen LogP contribution is 2.22. The Morgan fingerprint density at radius 1 is 0.720 bits per heavy atom. The maximum atomic E-state index is 5.74. The predicted molar refractivity (Wildman–Crippen MR) is 106 cm³/mol. The second-order valence-corrected chi connectivity index (χ2v) is 6.17. The topological polar surface area (TPSA) is 29.9 Å². The van der Waals surface area contributed by atoms with Gasteiger partial charge < -0.3 is 5.73 Å². The molecule has 0 aliphatic carbocycles. The molecular formula is C23H21N2+. The first-order chi connectivity index (χ1) is 12.4. The number of nitrogens with two attached hydrogens (primary N) is 1. The van der Waals surface area contributed by atoms with E-state index < -0.39 is 0 Å². The largest absolute Gasteiger partial charge is 0.325 e. The third-order valence-corrected chi connectivity index (χ3v) is 4.59. The molecule has 4 aromatic rings. The van der Waals surface area contributed by atoms with Crippen LogP contribution in [-0.2, 0) is 6.54 Å². The van der Waals surface area contributed by atoms with Gasteiger partial charge in [0.15, 0.2) is 12.7 Å². The van der Waals surface area contributed by atoms with Gasteiger partial charge in [-0.3, -0.25) is 0 Å². The minimum Gasteiger partial charge on any atom is -0.325 e. The summed E-state index contributed by atoms with van der Waals surface area (Å²) in [6, 6.07) is 25.6. The highest BCUT2D eigenvalue weighted by atomic mass is 15.0. The molecule has 0 aliphatic heterocycles. The zero-order chi connectivity index (χ0) is 17.1. The van der Waals surface area contributed by atoms with Crippen molar-refractivity contribution in [1.29, 1.82) is 0 Å². The number of fused-ring (bicyclic) bond motifs is 2. The van der Waals surface area contributed by atoms with Crippen LogP contribution in [0.5, 0.6) is 0 Å². The molecule has 0 amide bonds. The van der Waals surface area contributed by atoms with E-state index in [9.17, 15) is 0 Å². The maximum absolute atomic E-state index is 5.74. The summed E-state index contributed by atoms with van der Waals surface area (Å²) in [5.74, 6) is 0. The third kappa shape index (κ3) is 3.04. The fourth-order valence-electron chi connectivity index (χ4n) is 3.36. The number of nitrogens with zero attached hydrogens (tertiary/aromatic N) is 1. The third-order valence-electron chi connectivity index (χ3n) is 4.59. The first kappa shape index (κ1) is 15.6. The van der Waals surface area contributed by atoms with Gasteiger partial charge in [0, 0.05) is 12.1 Å². The quantitative estimate of drug-likeness (QED) is 0.553. The second-order valence-electron chi connectivity index (χ2n) is 6.17. The van der Waals surface area contributed by atoms with Crippen LogP contribution in [0.2, 0.25) is 0 Å². The average Bonchev–Trinajstić information content (AvgIpc) is 2.67. The SMILES string of the molecule is NCC[n+]1ccc(/C=C/c2cccc3ccccc23)c2ccccc21. The van der Waals surface area contributed by atoms with E-state index in [1.807, 2.05) is 0 Å².